The van der Waals surface area contributed by atoms with Crippen LogP contribution in [-0.4, -0.2) is 57.0 Å². The minimum Gasteiger partial charge on any atom is -0.349 e. The number of aromatic nitrogens is 4. The van der Waals surface area contributed by atoms with Crippen LogP contribution in [0.15, 0.2) is 6.07 Å². The molecule has 0 radical (unpaired) electrons. The van der Waals surface area contributed by atoms with Crippen LogP contribution in [0.5, 0.6) is 0 Å². The van der Waals surface area contributed by atoms with E-state index >= 15 is 0 Å². The molecule has 1 aliphatic carbocycles. The first-order valence-electron chi connectivity index (χ1n) is 10.1. The largest absolute Gasteiger partial charge is 0.349 e. The Hall–Kier alpha value is -2.15. The molecule has 7 heteroatoms. The Balaban J connectivity index is 1.56. The number of amides is 1. The molecule has 27 heavy (non-hydrogen) atoms. The number of carbonyl (C=O) groups is 1. The highest BCUT2D eigenvalue weighted by molar-refractivity contribution is 5.93. The maximum absolute atomic E-state index is 12.5. The number of aromatic amines is 1. The van der Waals surface area contributed by atoms with Crippen molar-refractivity contribution in [1.82, 2.24) is 30.2 Å². The molecule has 0 unspecified atom stereocenters. The number of rotatable bonds is 7. The Kier molecular flexibility index (Phi) is 6.31. The van der Waals surface area contributed by atoms with E-state index in [0.717, 1.165) is 35.7 Å². The lowest BCUT2D eigenvalue weighted by Gasteiger charge is -2.31. The molecule has 7 nitrogen and oxygen atoms in total. The van der Waals surface area contributed by atoms with Gasteiger partial charge in [-0.25, -0.2) is 0 Å². The highest BCUT2D eigenvalue weighted by Gasteiger charge is 2.19. The average Bonchev–Trinajstić information content (AvgIpc) is 3.26. The summed E-state index contributed by atoms with van der Waals surface area (Å²) in [6.07, 6.45) is 6.56. The second kappa shape index (κ2) is 8.69. The highest BCUT2D eigenvalue weighted by Crippen LogP contribution is 2.25. The summed E-state index contributed by atoms with van der Waals surface area (Å²) in [6.45, 7) is 8.42. The van der Waals surface area contributed by atoms with Gasteiger partial charge in [0, 0.05) is 36.9 Å². The lowest BCUT2D eigenvalue weighted by atomic mass is 9.94. The summed E-state index contributed by atoms with van der Waals surface area (Å²) in [7, 11) is 2.16. The van der Waals surface area contributed by atoms with Gasteiger partial charge in [0.1, 0.15) is 5.69 Å². The molecule has 0 atom stereocenters. The summed E-state index contributed by atoms with van der Waals surface area (Å²) in [5, 5.41) is 14.8. The minimum atomic E-state index is -0.107. The van der Waals surface area contributed by atoms with E-state index in [2.05, 4.69) is 39.5 Å². The third kappa shape index (κ3) is 4.40. The van der Waals surface area contributed by atoms with Gasteiger partial charge < -0.3 is 10.2 Å². The van der Waals surface area contributed by atoms with Gasteiger partial charge in [0.2, 0.25) is 0 Å². The van der Waals surface area contributed by atoms with Crippen molar-refractivity contribution in [1.29, 1.82) is 0 Å². The van der Waals surface area contributed by atoms with E-state index in [4.69, 9.17) is 0 Å². The van der Waals surface area contributed by atoms with Crippen LogP contribution >= 0.6 is 0 Å². The summed E-state index contributed by atoms with van der Waals surface area (Å²) in [4.78, 5) is 14.8. The van der Waals surface area contributed by atoms with Crippen LogP contribution in [0.3, 0.4) is 0 Å². The first-order valence-corrected chi connectivity index (χ1v) is 10.1. The van der Waals surface area contributed by atoms with Gasteiger partial charge >= 0.3 is 0 Å². The van der Waals surface area contributed by atoms with Gasteiger partial charge in [-0.3, -0.25) is 14.6 Å². The van der Waals surface area contributed by atoms with Gasteiger partial charge in [0.25, 0.3) is 5.91 Å². The number of hydrogen-bond acceptors (Lipinski definition) is 4. The molecule has 0 saturated heterocycles. The molecule has 2 N–H and O–H groups in total. The Morgan fingerprint density at radius 2 is 2.07 bits per heavy atom. The zero-order valence-electron chi connectivity index (χ0n) is 17.0. The number of aryl methyl sites for hydroxylation is 2. The first kappa shape index (κ1) is 19.6. The molecule has 0 aromatic carbocycles. The van der Waals surface area contributed by atoms with E-state index < -0.39 is 0 Å². The number of carbonyl (C=O) groups excluding carboxylic acids is 1. The molecule has 0 aliphatic heterocycles. The highest BCUT2D eigenvalue weighted by atomic mass is 16.1. The fourth-order valence-electron chi connectivity index (χ4n) is 4.09. The summed E-state index contributed by atoms with van der Waals surface area (Å²) in [6, 6.07) is 2.48. The molecular weight excluding hydrogens is 340 g/mol. The van der Waals surface area contributed by atoms with Gasteiger partial charge in [-0.2, -0.15) is 10.2 Å². The van der Waals surface area contributed by atoms with Gasteiger partial charge in [-0.05, 0) is 46.7 Å². The Labute approximate surface area is 161 Å². The van der Waals surface area contributed by atoms with Crippen molar-refractivity contribution in [2.24, 2.45) is 0 Å². The monoisotopic (exact) mass is 372 g/mol. The van der Waals surface area contributed by atoms with Crippen LogP contribution in [0.25, 0.3) is 11.3 Å². The number of H-pyrrole nitrogens is 1. The molecule has 2 aromatic rings. The van der Waals surface area contributed by atoms with E-state index in [-0.39, 0.29) is 5.91 Å². The quantitative estimate of drug-likeness (QED) is 0.783. The normalized spacial score (nSPS) is 15.4. The molecule has 2 heterocycles. The molecule has 148 valence electrons. The van der Waals surface area contributed by atoms with Gasteiger partial charge in [-0.15, -0.1) is 0 Å². The van der Waals surface area contributed by atoms with Gasteiger partial charge in [0.15, 0.2) is 0 Å². The predicted molar refractivity (Wildman–Crippen MR) is 107 cm³/mol. The number of nitrogens with zero attached hydrogens (tertiary/aromatic N) is 4. The third-order valence-electron chi connectivity index (χ3n) is 5.71. The van der Waals surface area contributed by atoms with E-state index in [1.807, 2.05) is 24.6 Å². The SMILES string of the molecule is CCn1nc(C)c(-c2cc(C(=O)NCCN(C)C3CCCCC3)[nH]n2)c1C. The first-order chi connectivity index (χ1) is 13.0. The van der Waals surface area contributed by atoms with E-state index in [0.29, 0.717) is 18.3 Å². The van der Waals surface area contributed by atoms with Crippen molar-refractivity contribution in [3.63, 3.8) is 0 Å². The summed E-state index contributed by atoms with van der Waals surface area (Å²) in [5.74, 6) is -0.107. The lowest BCUT2D eigenvalue weighted by Crippen LogP contribution is -2.39. The van der Waals surface area contributed by atoms with E-state index in [1.54, 1.807) is 0 Å². The second-order valence-electron chi connectivity index (χ2n) is 7.56. The second-order valence-corrected chi connectivity index (χ2v) is 7.56. The maximum atomic E-state index is 12.5. The van der Waals surface area contributed by atoms with Crippen molar-refractivity contribution < 1.29 is 4.79 Å². The summed E-state index contributed by atoms with van der Waals surface area (Å²) in [5.41, 5.74) is 4.27. The Bertz CT molecular complexity index is 772. The van der Waals surface area contributed by atoms with Crippen molar-refractivity contribution in [2.45, 2.75) is 65.5 Å². The van der Waals surface area contributed by atoms with Crippen molar-refractivity contribution in [3.8, 4) is 11.3 Å². The van der Waals surface area contributed by atoms with Gasteiger partial charge in [-0.1, -0.05) is 19.3 Å². The molecule has 1 fully saturated rings. The van der Waals surface area contributed by atoms with Crippen LogP contribution < -0.4 is 5.32 Å². The predicted octanol–water partition coefficient (Wildman–Crippen LogP) is 2.90. The van der Waals surface area contributed by atoms with Crippen LogP contribution in [0.1, 0.15) is 60.9 Å². The van der Waals surface area contributed by atoms with Crippen LogP contribution in [0.4, 0.5) is 0 Å². The Morgan fingerprint density at radius 3 is 2.74 bits per heavy atom. The van der Waals surface area contributed by atoms with Gasteiger partial charge in [0.05, 0.1) is 11.4 Å². The van der Waals surface area contributed by atoms with Crippen LogP contribution in [-0.2, 0) is 6.54 Å². The smallest absolute Gasteiger partial charge is 0.269 e. The lowest BCUT2D eigenvalue weighted by molar-refractivity contribution is 0.0939. The summed E-state index contributed by atoms with van der Waals surface area (Å²) >= 11 is 0. The van der Waals surface area contributed by atoms with Crippen molar-refractivity contribution in [3.05, 3.63) is 23.1 Å². The fraction of sp³-hybridized carbons (Fsp3) is 0.650. The summed E-state index contributed by atoms with van der Waals surface area (Å²) < 4.78 is 1.96. The molecule has 2 aromatic heterocycles. The third-order valence-corrected chi connectivity index (χ3v) is 5.71. The minimum absolute atomic E-state index is 0.107. The zero-order valence-corrected chi connectivity index (χ0v) is 17.0. The molecule has 1 aliphatic rings. The number of hydrogen-bond donors (Lipinski definition) is 2. The van der Waals surface area contributed by atoms with Crippen molar-refractivity contribution >= 4 is 5.91 Å². The number of nitrogens with one attached hydrogen (secondary N) is 2. The maximum Gasteiger partial charge on any atom is 0.269 e. The van der Waals surface area contributed by atoms with Crippen molar-refractivity contribution in [2.75, 3.05) is 20.1 Å². The topological polar surface area (TPSA) is 78.8 Å². The van der Waals surface area contributed by atoms with Crippen LogP contribution in [0.2, 0.25) is 0 Å². The fourth-order valence-corrected chi connectivity index (χ4v) is 4.09. The molecule has 3 rings (SSSR count). The zero-order chi connectivity index (χ0) is 19.4. The molecular formula is C20H32N6O. The van der Waals surface area contributed by atoms with E-state index in [1.165, 1.54) is 32.1 Å². The molecule has 1 saturated carbocycles. The molecule has 0 bridgehead atoms. The van der Waals surface area contributed by atoms with Crippen LogP contribution in [0, 0.1) is 13.8 Å². The number of likely N-dealkylation sites (N-methyl/N-ethyl adjacent to an activating group) is 1. The average molecular weight is 373 g/mol. The molecule has 0 spiro atoms. The Morgan fingerprint density at radius 1 is 1.33 bits per heavy atom. The molecule has 1 amide bonds. The standard InChI is InChI=1S/C20H32N6O/c1-5-26-15(3)19(14(2)24-26)17-13-18(23-22-17)20(27)21-11-12-25(4)16-9-7-6-8-10-16/h13,16H,5-12H2,1-4H3,(H,21,27)(H,22,23). The van der Waals surface area contributed by atoms with E-state index in [9.17, 15) is 4.79 Å².